The van der Waals surface area contributed by atoms with Crippen molar-refractivity contribution in [3.8, 4) is 0 Å². The quantitative estimate of drug-likeness (QED) is 0.276. The van der Waals surface area contributed by atoms with E-state index < -0.39 is 11.9 Å². The molecule has 0 rings (SSSR count). The standard InChI is InChI=1S/C11H14O4/c1-3-10(12)14-8-6-5-7-9-15-11(13)4-2/h3-6H,1-2,7-9H2. The summed E-state index contributed by atoms with van der Waals surface area (Å²) >= 11 is 0. The summed E-state index contributed by atoms with van der Waals surface area (Å²) in [5.41, 5.74) is 0. The van der Waals surface area contributed by atoms with Gasteiger partial charge >= 0.3 is 11.9 Å². The van der Waals surface area contributed by atoms with E-state index in [2.05, 4.69) is 17.9 Å². The van der Waals surface area contributed by atoms with Crippen LogP contribution in [0.5, 0.6) is 0 Å². The third-order valence-corrected chi connectivity index (χ3v) is 1.35. The molecule has 0 N–H and O–H groups in total. The molecule has 0 spiro atoms. The summed E-state index contributed by atoms with van der Waals surface area (Å²) in [6, 6.07) is 0. The number of carbonyl (C=O) groups excluding carboxylic acids is 2. The monoisotopic (exact) mass is 210 g/mol. The first kappa shape index (κ1) is 13.2. The first-order chi connectivity index (χ1) is 7.20. The fraction of sp³-hybridized carbons (Fsp3) is 0.273. The molecule has 0 saturated heterocycles. The zero-order chi connectivity index (χ0) is 11.5. The van der Waals surface area contributed by atoms with Crippen molar-refractivity contribution < 1.29 is 19.1 Å². The van der Waals surface area contributed by atoms with Crippen LogP contribution in [0.25, 0.3) is 0 Å². The number of hydrogen-bond donors (Lipinski definition) is 0. The summed E-state index contributed by atoms with van der Waals surface area (Å²) in [7, 11) is 0. The van der Waals surface area contributed by atoms with Crippen LogP contribution in [0.4, 0.5) is 0 Å². The molecule has 15 heavy (non-hydrogen) atoms. The van der Waals surface area contributed by atoms with Gasteiger partial charge in [0, 0.05) is 12.2 Å². The minimum Gasteiger partial charge on any atom is -0.462 e. The lowest BCUT2D eigenvalue weighted by Crippen LogP contribution is -2.01. The zero-order valence-electron chi connectivity index (χ0n) is 8.48. The molecular formula is C11H14O4. The molecule has 0 aromatic carbocycles. The van der Waals surface area contributed by atoms with Crippen molar-refractivity contribution >= 4 is 11.9 Å². The third kappa shape index (κ3) is 8.49. The second-order valence-corrected chi connectivity index (χ2v) is 2.47. The van der Waals surface area contributed by atoms with Gasteiger partial charge in [0.25, 0.3) is 0 Å². The smallest absolute Gasteiger partial charge is 0.330 e. The van der Waals surface area contributed by atoms with Crippen molar-refractivity contribution in [1.82, 2.24) is 0 Å². The van der Waals surface area contributed by atoms with Gasteiger partial charge in [0.2, 0.25) is 0 Å². The molecule has 0 fully saturated rings. The van der Waals surface area contributed by atoms with Crippen molar-refractivity contribution in [2.45, 2.75) is 6.42 Å². The maximum Gasteiger partial charge on any atom is 0.330 e. The lowest BCUT2D eigenvalue weighted by Gasteiger charge is -1.98. The summed E-state index contributed by atoms with van der Waals surface area (Å²) in [5, 5.41) is 0. The van der Waals surface area contributed by atoms with Gasteiger partial charge in [-0.2, -0.15) is 0 Å². The average Bonchev–Trinajstić information content (AvgIpc) is 2.26. The van der Waals surface area contributed by atoms with E-state index in [4.69, 9.17) is 4.74 Å². The van der Waals surface area contributed by atoms with Gasteiger partial charge in [-0.1, -0.05) is 25.3 Å². The van der Waals surface area contributed by atoms with Crippen molar-refractivity contribution in [2.24, 2.45) is 0 Å². The Balaban J connectivity index is 3.39. The van der Waals surface area contributed by atoms with Crippen LogP contribution < -0.4 is 0 Å². The predicted molar refractivity (Wildman–Crippen MR) is 56.1 cm³/mol. The van der Waals surface area contributed by atoms with E-state index in [1.807, 2.05) is 0 Å². The van der Waals surface area contributed by atoms with E-state index in [0.717, 1.165) is 12.2 Å². The second-order valence-electron chi connectivity index (χ2n) is 2.47. The molecule has 0 aliphatic rings. The van der Waals surface area contributed by atoms with Gasteiger partial charge in [0.1, 0.15) is 6.61 Å². The molecule has 0 aliphatic heterocycles. The molecule has 0 saturated carbocycles. The van der Waals surface area contributed by atoms with Crippen LogP contribution in [-0.4, -0.2) is 25.2 Å². The molecule has 0 aromatic heterocycles. The zero-order valence-corrected chi connectivity index (χ0v) is 8.48. The van der Waals surface area contributed by atoms with Gasteiger partial charge in [0.05, 0.1) is 6.61 Å². The minimum atomic E-state index is -0.460. The van der Waals surface area contributed by atoms with E-state index in [-0.39, 0.29) is 13.2 Å². The summed E-state index contributed by atoms with van der Waals surface area (Å²) in [5.74, 6) is -0.903. The Hall–Kier alpha value is -1.84. The Morgan fingerprint density at radius 1 is 1.00 bits per heavy atom. The van der Waals surface area contributed by atoms with E-state index in [0.29, 0.717) is 6.42 Å². The molecule has 0 aliphatic carbocycles. The maximum atomic E-state index is 10.6. The highest BCUT2D eigenvalue weighted by Gasteiger charge is 1.92. The Labute approximate surface area is 88.9 Å². The molecular weight excluding hydrogens is 196 g/mol. The Morgan fingerprint density at radius 3 is 2.20 bits per heavy atom. The number of hydrogen-bond acceptors (Lipinski definition) is 4. The van der Waals surface area contributed by atoms with Gasteiger partial charge in [-0.05, 0) is 6.42 Å². The normalized spacial score (nSPS) is 9.60. The van der Waals surface area contributed by atoms with Gasteiger partial charge in [-0.3, -0.25) is 0 Å². The molecule has 0 radical (unpaired) electrons. The van der Waals surface area contributed by atoms with Crippen LogP contribution in [0, 0.1) is 0 Å². The number of ether oxygens (including phenoxy) is 2. The number of esters is 2. The van der Waals surface area contributed by atoms with E-state index in [1.54, 1.807) is 12.2 Å². The molecule has 0 atom stereocenters. The minimum absolute atomic E-state index is 0.195. The second kappa shape index (κ2) is 8.74. The molecule has 4 heteroatoms. The molecule has 0 aromatic rings. The van der Waals surface area contributed by atoms with Crippen molar-refractivity contribution in [3.63, 3.8) is 0 Å². The molecule has 0 heterocycles. The molecule has 0 bridgehead atoms. The summed E-state index contributed by atoms with van der Waals surface area (Å²) in [6.45, 7) is 6.99. The maximum absolute atomic E-state index is 10.6. The van der Waals surface area contributed by atoms with Crippen molar-refractivity contribution in [2.75, 3.05) is 13.2 Å². The summed E-state index contributed by atoms with van der Waals surface area (Å²) < 4.78 is 9.38. The fourth-order valence-electron chi connectivity index (χ4n) is 0.662. The van der Waals surface area contributed by atoms with Gasteiger partial charge in [-0.25, -0.2) is 9.59 Å². The lowest BCUT2D eigenvalue weighted by atomic mass is 10.4. The number of carbonyl (C=O) groups is 2. The van der Waals surface area contributed by atoms with E-state index in [9.17, 15) is 9.59 Å². The largest absolute Gasteiger partial charge is 0.462 e. The van der Waals surface area contributed by atoms with E-state index in [1.165, 1.54) is 0 Å². The predicted octanol–water partition coefficient (Wildman–Crippen LogP) is 1.39. The van der Waals surface area contributed by atoms with Crippen molar-refractivity contribution in [3.05, 3.63) is 37.5 Å². The van der Waals surface area contributed by atoms with Crippen LogP contribution in [-0.2, 0) is 19.1 Å². The fourth-order valence-corrected chi connectivity index (χ4v) is 0.662. The van der Waals surface area contributed by atoms with Gasteiger partial charge in [-0.15, -0.1) is 0 Å². The van der Waals surface area contributed by atoms with Crippen LogP contribution in [0.15, 0.2) is 37.5 Å². The molecule has 4 nitrogen and oxygen atoms in total. The Bertz CT molecular complexity index is 266. The lowest BCUT2D eigenvalue weighted by molar-refractivity contribution is -0.137. The molecule has 0 unspecified atom stereocenters. The van der Waals surface area contributed by atoms with Gasteiger partial charge < -0.3 is 9.47 Å². The van der Waals surface area contributed by atoms with Crippen molar-refractivity contribution in [1.29, 1.82) is 0 Å². The van der Waals surface area contributed by atoms with Crippen LogP contribution in [0.2, 0.25) is 0 Å². The summed E-state index contributed by atoms with van der Waals surface area (Å²) in [4.78, 5) is 21.2. The average molecular weight is 210 g/mol. The highest BCUT2D eigenvalue weighted by Crippen LogP contribution is 1.88. The highest BCUT2D eigenvalue weighted by molar-refractivity contribution is 5.81. The van der Waals surface area contributed by atoms with E-state index >= 15 is 0 Å². The Morgan fingerprint density at radius 2 is 1.60 bits per heavy atom. The third-order valence-electron chi connectivity index (χ3n) is 1.35. The number of rotatable bonds is 7. The van der Waals surface area contributed by atoms with Crippen LogP contribution >= 0.6 is 0 Å². The van der Waals surface area contributed by atoms with Crippen LogP contribution in [0.1, 0.15) is 6.42 Å². The topological polar surface area (TPSA) is 52.6 Å². The highest BCUT2D eigenvalue weighted by atomic mass is 16.5. The molecule has 0 amide bonds. The SMILES string of the molecule is C=CC(=O)OCC=CCCOC(=O)C=C. The first-order valence-corrected chi connectivity index (χ1v) is 4.44. The van der Waals surface area contributed by atoms with Gasteiger partial charge in [0.15, 0.2) is 0 Å². The molecule has 82 valence electrons. The van der Waals surface area contributed by atoms with Crippen LogP contribution in [0.3, 0.4) is 0 Å². The summed E-state index contributed by atoms with van der Waals surface area (Å²) in [6.07, 6.45) is 6.20. The Kier molecular flexibility index (Phi) is 7.67. The first-order valence-electron chi connectivity index (χ1n) is 4.44.